The van der Waals surface area contributed by atoms with Crippen LogP contribution in [0.25, 0.3) is 0 Å². The molecule has 0 saturated carbocycles. The van der Waals surface area contributed by atoms with Gasteiger partial charge in [-0.05, 0) is 18.4 Å². The van der Waals surface area contributed by atoms with Crippen molar-refractivity contribution in [2.45, 2.75) is 25.8 Å². The van der Waals surface area contributed by atoms with Crippen LogP contribution in [0.15, 0.2) is 30.3 Å². The van der Waals surface area contributed by atoms with E-state index in [1.54, 1.807) is 4.90 Å². The van der Waals surface area contributed by atoms with E-state index >= 15 is 0 Å². The number of carbonyl (C=O) groups excluding carboxylic acids is 2. The van der Waals surface area contributed by atoms with Gasteiger partial charge in [0.15, 0.2) is 0 Å². The molecule has 5 nitrogen and oxygen atoms in total. The van der Waals surface area contributed by atoms with E-state index < -0.39 is 6.04 Å². The lowest BCUT2D eigenvalue weighted by molar-refractivity contribution is -0.146. The number of benzene rings is 1. The third kappa shape index (κ3) is 4.04. The fraction of sp³-hybridized carbons (Fsp3) is 0.500. The van der Waals surface area contributed by atoms with Gasteiger partial charge in [-0.1, -0.05) is 37.3 Å². The van der Waals surface area contributed by atoms with Crippen molar-refractivity contribution in [1.82, 2.24) is 10.2 Å². The second kappa shape index (κ2) is 7.78. The Morgan fingerprint density at radius 3 is 2.71 bits per heavy atom. The molecule has 0 spiro atoms. The molecule has 1 aromatic rings. The van der Waals surface area contributed by atoms with Gasteiger partial charge in [0.1, 0.15) is 6.04 Å². The zero-order valence-corrected chi connectivity index (χ0v) is 12.4. The molecule has 2 amide bonds. The number of nitrogens with zero attached hydrogens (tertiary/aromatic N) is 1. The van der Waals surface area contributed by atoms with E-state index in [1.165, 1.54) is 0 Å². The van der Waals surface area contributed by atoms with Gasteiger partial charge in [-0.2, -0.15) is 0 Å². The van der Waals surface area contributed by atoms with Gasteiger partial charge in [0, 0.05) is 19.8 Å². The molecule has 0 bridgehead atoms. The minimum Gasteiger partial charge on any atom is -0.381 e. The van der Waals surface area contributed by atoms with E-state index in [9.17, 15) is 9.59 Å². The van der Waals surface area contributed by atoms with Gasteiger partial charge in [0.2, 0.25) is 11.8 Å². The SMILES string of the molecule is CCCOCCCN1C(=O)CNC(=O)C1c1ccccc1. The topological polar surface area (TPSA) is 58.6 Å². The van der Waals surface area contributed by atoms with Gasteiger partial charge in [-0.3, -0.25) is 9.59 Å². The molecule has 1 unspecified atom stereocenters. The predicted octanol–water partition coefficient (Wildman–Crippen LogP) is 1.50. The molecule has 1 saturated heterocycles. The summed E-state index contributed by atoms with van der Waals surface area (Å²) >= 11 is 0. The van der Waals surface area contributed by atoms with Crippen molar-refractivity contribution in [3.63, 3.8) is 0 Å². The largest absolute Gasteiger partial charge is 0.381 e. The Kier molecular flexibility index (Phi) is 5.75. The highest BCUT2D eigenvalue weighted by Crippen LogP contribution is 2.23. The Morgan fingerprint density at radius 2 is 2.00 bits per heavy atom. The molecule has 1 aliphatic rings. The second-order valence-electron chi connectivity index (χ2n) is 5.08. The van der Waals surface area contributed by atoms with E-state index in [-0.39, 0.29) is 18.4 Å². The molecule has 0 radical (unpaired) electrons. The summed E-state index contributed by atoms with van der Waals surface area (Å²) in [5, 5.41) is 2.66. The van der Waals surface area contributed by atoms with Gasteiger partial charge in [-0.25, -0.2) is 0 Å². The molecule has 0 aliphatic carbocycles. The normalized spacial score (nSPS) is 18.7. The average molecular weight is 290 g/mol. The van der Waals surface area contributed by atoms with Crippen LogP contribution in [0.3, 0.4) is 0 Å². The van der Waals surface area contributed by atoms with Crippen molar-refractivity contribution in [3.05, 3.63) is 35.9 Å². The van der Waals surface area contributed by atoms with Crippen LogP contribution < -0.4 is 5.32 Å². The van der Waals surface area contributed by atoms with Crippen molar-refractivity contribution in [3.8, 4) is 0 Å². The second-order valence-corrected chi connectivity index (χ2v) is 5.08. The molecule has 1 N–H and O–H groups in total. The maximum atomic E-state index is 12.1. The quantitative estimate of drug-likeness (QED) is 0.774. The van der Waals surface area contributed by atoms with E-state index in [0.717, 1.165) is 25.0 Å². The molecular formula is C16H22N2O3. The number of hydrogen-bond donors (Lipinski definition) is 1. The fourth-order valence-electron chi connectivity index (χ4n) is 2.45. The number of hydrogen-bond acceptors (Lipinski definition) is 3. The van der Waals surface area contributed by atoms with Crippen LogP contribution in [0.1, 0.15) is 31.4 Å². The Morgan fingerprint density at radius 1 is 1.24 bits per heavy atom. The minimum atomic E-state index is -0.529. The van der Waals surface area contributed by atoms with E-state index in [2.05, 4.69) is 12.2 Å². The number of rotatable bonds is 7. The fourth-order valence-corrected chi connectivity index (χ4v) is 2.45. The lowest BCUT2D eigenvalue weighted by Gasteiger charge is -2.35. The van der Waals surface area contributed by atoms with Crippen LogP contribution in [0, 0.1) is 0 Å². The third-order valence-corrected chi connectivity index (χ3v) is 3.45. The maximum absolute atomic E-state index is 12.1. The lowest BCUT2D eigenvalue weighted by atomic mass is 10.0. The minimum absolute atomic E-state index is 0.0426. The van der Waals surface area contributed by atoms with Crippen LogP contribution in [-0.2, 0) is 14.3 Å². The summed E-state index contributed by atoms with van der Waals surface area (Å²) in [6, 6.07) is 8.88. The average Bonchev–Trinajstić information content (AvgIpc) is 2.51. The van der Waals surface area contributed by atoms with Crippen LogP contribution >= 0.6 is 0 Å². The highest BCUT2D eigenvalue weighted by molar-refractivity contribution is 5.95. The summed E-state index contributed by atoms with van der Waals surface area (Å²) < 4.78 is 5.44. The van der Waals surface area contributed by atoms with E-state index in [1.807, 2.05) is 30.3 Å². The number of ether oxygens (including phenoxy) is 1. The summed E-state index contributed by atoms with van der Waals surface area (Å²) in [5.41, 5.74) is 0.845. The summed E-state index contributed by atoms with van der Waals surface area (Å²) in [7, 11) is 0. The van der Waals surface area contributed by atoms with E-state index in [0.29, 0.717) is 13.2 Å². The van der Waals surface area contributed by atoms with Crippen molar-refractivity contribution < 1.29 is 14.3 Å². The first-order valence-corrected chi connectivity index (χ1v) is 7.44. The number of nitrogens with one attached hydrogen (secondary N) is 1. The Balaban J connectivity index is 2.03. The van der Waals surface area contributed by atoms with Crippen molar-refractivity contribution in [2.75, 3.05) is 26.3 Å². The van der Waals surface area contributed by atoms with Crippen LogP contribution in [0.2, 0.25) is 0 Å². The highest BCUT2D eigenvalue weighted by Gasteiger charge is 2.34. The van der Waals surface area contributed by atoms with E-state index in [4.69, 9.17) is 4.74 Å². The first-order chi connectivity index (χ1) is 10.2. The summed E-state index contributed by atoms with van der Waals surface area (Å²) in [6.45, 7) is 4.02. The molecule has 1 aliphatic heterocycles. The molecule has 5 heteroatoms. The zero-order valence-electron chi connectivity index (χ0n) is 12.4. The predicted molar refractivity (Wildman–Crippen MR) is 79.6 cm³/mol. The van der Waals surface area contributed by atoms with Crippen molar-refractivity contribution in [2.24, 2.45) is 0 Å². The van der Waals surface area contributed by atoms with Gasteiger partial charge in [-0.15, -0.1) is 0 Å². The third-order valence-electron chi connectivity index (χ3n) is 3.45. The zero-order chi connectivity index (χ0) is 15.1. The van der Waals surface area contributed by atoms with Gasteiger partial charge >= 0.3 is 0 Å². The van der Waals surface area contributed by atoms with Gasteiger partial charge in [0.25, 0.3) is 0 Å². The molecule has 21 heavy (non-hydrogen) atoms. The first-order valence-electron chi connectivity index (χ1n) is 7.44. The monoisotopic (exact) mass is 290 g/mol. The molecular weight excluding hydrogens is 268 g/mol. The Bertz CT molecular complexity index is 476. The molecule has 1 fully saturated rings. The molecule has 1 aromatic carbocycles. The number of piperazine rings is 1. The standard InChI is InChI=1S/C16H22N2O3/c1-2-10-21-11-6-9-18-14(19)12-17-16(20)15(18)13-7-4-3-5-8-13/h3-5,7-8,15H,2,6,9-12H2,1H3,(H,17,20). The smallest absolute Gasteiger partial charge is 0.247 e. The van der Waals surface area contributed by atoms with Crippen molar-refractivity contribution in [1.29, 1.82) is 0 Å². The van der Waals surface area contributed by atoms with Gasteiger partial charge < -0.3 is 15.0 Å². The molecule has 2 rings (SSSR count). The molecule has 0 aromatic heterocycles. The van der Waals surface area contributed by atoms with Crippen LogP contribution in [0.5, 0.6) is 0 Å². The Labute approximate surface area is 125 Å². The van der Waals surface area contributed by atoms with Crippen LogP contribution in [-0.4, -0.2) is 43.0 Å². The number of carbonyl (C=O) groups is 2. The summed E-state index contributed by atoms with van der Waals surface area (Å²) in [4.78, 5) is 25.9. The lowest BCUT2D eigenvalue weighted by Crippen LogP contribution is -2.53. The first kappa shape index (κ1) is 15.5. The summed E-state index contributed by atoms with van der Waals surface area (Å²) in [5.74, 6) is -0.158. The molecule has 1 atom stereocenters. The maximum Gasteiger partial charge on any atom is 0.247 e. The van der Waals surface area contributed by atoms with Crippen molar-refractivity contribution >= 4 is 11.8 Å². The number of amides is 2. The van der Waals surface area contributed by atoms with Gasteiger partial charge in [0.05, 0.1) is 6.54 Å². The Hall–Kier alpha value is -1.88. The van der Waals surface area contributed by atoms with Crippen LogP contribution in [0.4, 0.5) is 0 Å². The highest BCUT2D eigenvalue weighted by atomic mass is 16.5. The summed E-state index contributed by atoms with van der Waals surface area (Å²) in [6.07, 6.45) is 1.72. The molecule has 1 heterocycles. The molecule has 114 valence electrons.